The number of halogens is 1. The second-order valence-electron chi connectivity index (χ2n) is 3.17. The van der Waals surface area contributed by atoms with Gasteiger partial charge in [0.25, 0.3) is 0 Å². The lowest BCUT2D eigenvalue weighted by Gasteiger charge is -2.14. The molecule has 7 heteroatoms. The number of esters is 1. The van der Waals surface area contributed by atoms with Gasteiger partial charge in [-0.25, -0.2) is 9.78 Å². The normalized spacial score (nSPS) is 11.8. The minimum Gasteiger partial charge on any atom is -0.467 e. The number of aromatic nitrogens is 2. The van der Waals surface area contributed by atoms with Crippen LogP contribution in [0.5, 0.6) is 6.01 Å². The van der Waals surface area contributed by atoms with Crippen LogP contribution >= 0.6 is 11.6 Å². The quantitative estimate of drug-likeness (QED) is 0.808. The molecule has 1 aromatic heterocycles. The Bertz CT molecular complexity index is 400. The van der Waals surface area contributed by atoms with Crippen molar-refractivity contribution in [2.45, 2.75) is 19.9 Å². The van der Waals surface area contributed by atoms with E-state index in [2.05, 4.69) is 15.3 Å². The summed E-state index contributed by atoms with van der Waals surface area (Å²) in [7, 11) is 1.45. The highest BCUT2D eigenvalue weighted by Gasteiger charge is 2.16. The number of carbonyl (C=O) groups excluding carboxylic acids is 1. The standard InChI is InChI=1S/C10H14ClN3O3/c1-4-17-9(15)6(2)13-8-7(11)5-12-10(14-8)16-3/h5-6H,4H2,1-3H3,(H,12,13,14). The maximum atomic E-state index is 11.4. The van der Waals surface area contributed by atoms with E-state index in [1.165, 1.54) is 13.3 Å². The molecule has 0 aliphatic carbocycles. The smallest absolute Gasteiger partial charge is 0.328 e. The number of carbonyl (C=O) groups is 1. The van der Waals surface area contributed by atoms with Crippen molar-refractivity contribution >= 4 is 23.4 Å². The molecule has 94 valence electrons. The van der Waals surface area contributed by atoms with Crippen LogP contribution in [-0.2, 0) is 9.53 Å². The van der Waals surface area contributed by atoms with E-state index >= 15 is 0 Å². The molecule has 0 saturated heterocycles. The van der Waals surface area contributed by atoms with Crippen molar-refractivity contribution < 1.29 is 14.3 Å². The maximum absolute atomic E-state index is 11.4. The number of methoxy groups -OCH3 is 1. The summed E-state index contributed by atoms with van der Waals surface area (Å²) in [6.07, 6.45) is 1.40. The highest BCUT2D eigenvalue weighted by atomic mass is 35.5. The summed E-state index contributed by atoms with van der Waals surface area (Å²) in [5.74, 6) is -0.0415. The fraction of sp³-hybridized carbons (Fsp3) is 0.500. The van der Waals surface area contributed by atoms with Gasteiger partial charge in [-0.15, -0.1) is 0 Å². The summed E-state index contributed by atoms with van der Waals surface area (Å²) in [4.78, 5) is 19.2. The Balaban J connectivity index is 2.76. The van der Waals surface area contributed by atoms with Gasteiger partial charge in [-0.2, -0.15) is 4.98 Å². The van der Waals surface area contributed by atoms with E-state index in [0.717, 1.165) is 0 Å². The largest absolute Gasteiger partial charge is 0.467 e. The number of ether oxygens (including phenoxy) is 2. The molecule has 0 amide bonds. The van der Waals surface area contributed by atoms with Gasteiger partial charge in [-0.05, 0) is 13.8 Å². The van der Waals surface area contributed by atoms with E-state index in [4.69, 9.17) is 21.1 Å². The second kappa shape index (κ2) is 6.24. The van der Waals surface area contributed by atoms with E-state index in [9.17, 15) is 4.79 Å². The Kier molecular flexibility index (Phi) is 4.96. The Morgan fingerprint density at radius 2 is 2.35 bits per heavy atom. The zero-order valence-corrected chi connectivity index (χ0v) is 10.6. The van der Waals surface area contributed by atoms with Crippen LogP contribution in [0.3, 0.4) is 0 Å². The van der Waals surface area contributed by atoms with Gasteiger partial charge in [0.1, 0.15) is 11.1 Å². The van der Waals surface area contributed by atoms with E-state index < -0.39 is 6.04 Å². The van der Waals surface area contributed by atoms with Crippen LogP contribution in [0.4, 0.5) is 5.82 Å². The molecular weight excluding hydrogens is 246 g/mol. The van der Waals surface area contributed by atoms with Crippen LogP contribution in [0.15, 0.2) is 6.20 Å². The molecular formula is C10H14ClN3O3. The molecule has 0 radical (unpaired) electrons. The third kappa shape index (κ3) is 3.74. The molecule has 0 spiro atoms. The molecule has 6 nitrogen and oxygen atoms in total. The average molecular weight is 260 g/mol. The fourth-order valence-electron chi connectivity index (χ4n) is 1.08. The van der Waals surface area contributed by atoms with E-state index in [1.54, 1.807) is 13.8 Å². The number of nitrogens with one attached hydrogen (secondary N) is 1. The predicted octanol–water partition coefficient (Wildman–Crippen LogP) is 1.50. The SMILES string of the molecule is CCOC(=O)C(C)Nc1nc(OC)ncc1Cl. The summed E-state index contributed by atoms with van der Waals surface area (Å²) in [5.41, 5.74) is 0. The zero-order chi connectivity index (χ0) is 12.8. The first-order valence-electron chi connectivity index (χ1n) is 5.08. The lowest BCUT2D eigenvalue weighted by atomic mass is 10.3. The summed E-state index contributed by atoms with van der Waals surface area (Å²) in [6.45, 7) is 3.72. The molecule has 0 aromatic carbocycles. The molecule has 0 saturated carbocycles. The number of nitrogens with zero attached hydrogens (tertiary/aromatic N) is 2. The predicted molar refractivity (Wildman–Crippen MR) is 63.3 cm³/mol. The molecule has 1 N–H and O–H groups in total. The second-order valence-corrected chi connectivity index (χ2v) is 3.58. The number of rotatable bonds is 5. The van der Waals surface area contributed by atoms with Gasteiger partial charge in [0.05, 0.1) is 19.9 Å². The van der Waals surface area contributed by atoms with Gasteiger partial charge in [-0.3, -0.25) is 0 Å². The molecule has 1 rings (SSSR count). The topological polar surface area (TPSA) is 73.3 Å². The highest BCUT2D eigenvalue weighted by Crippen LogP contribution is 2.20. The van der Waals surface area contributed by atoms with Gasteiger partial charge in [0.2, 0.25) is 0 Å². The van der Waals surface area contributed by atoms with Crippen LogP contribution in [0.1, 0.15) is 13.8 Å². The summed E-state index contributed by atoms with van der Waals surface area (Å²) in [5, 5.41) is 3.14. The molecule has 1 heterocycles. The molecule has 1 unspecified atom stereocenters. The average Bonchev–Trinajstić information content (AvgIpc) is 2.32. The summed E-state index contributed by atoms with van der Waals surface area (Å²) < 4.78 is 9.72. The van der Waals surface area contributed by atoms with Gasteiger partial charge in [0, 0.05) is 0 Å². The molecule has 17 heavy (non-hydrogen) atoms. The molecule has 0 bridgehead atoms. The Morgan fingerprint density at radius 3 is 2.94 bits per heavy atom. The molecule has 0 fully saturated rings. The van der Waals surface area contributed by atoms with Crippen molar-refractivity contribution in [1.29, 1.82) is 0 Å². The Hall–Kier alpha value is -1.56. The monoisotopic (exact) mass is 259 g/mol. The lowest BCUT2D eigenvalue weighted by molar-refractivity contribution is -0.143. The molecule has 0 aliphatic rings. The lowest BCUT2D eigenvalue weighted by Crippen LogP contribution is -2.28. The Labute approximate surface area is 104 Å². The van der Waals surface area contributed by atoms with Gasteiger partial charge < -0.3 is 14.8 Å². The first-order chi connectivity index (χ1) is 8.08. The van der Waals surface area contributed by atoms with Crippen molar-refractivity contribution in [2.24, 2.45) is 0 Å². The first-order valence-corrected chi connectivity index (χ1v) is 5.46. The molecule has 0 aliphatic heterocycles. The van der Waals surface area contributed by atoms with Crippen LogP contribution in [0.2, 0.25) is 5.02 Å². The van der Waals surface area contributed by atoms with Crippen molar-refractivity contribution in [3.63, 3.8) is 0 Å². The van der Waals surface area contributed by atoms with Crippen molar-refractivity contribution in [3.8, 4) is 6.01 Å². The van der Waals surface area contributed by atoms with Crippen LogP contribution in [-0.4, -0.2) is 35.7 Å². The van der Waals surface area contributed by atoms with Crippen LogP contribution < -0.4 is 10.1 Å². The van der Waals surface area contributed by atoms with E-state index in [-0.39, 0.29) is 12.0 Å². The first kappa shape index (κ1) is 13.5. The third-order valence-corrected chi connectivity index (χ3v) is 2.17. The molecule has 1 atom stereocenters. The number of anilines is 1. The highest BCUT2D eigenvalue weighted by molar-refractivity contribution is 6.32. The minimum absolute atomic E-state index is 0.174. The third-order valence-electron chi connectivity index (χ3n) is 1.90. The van der Waals surface area contributed by atoms with Crippen molar-refractivity contribution in [3.05, 3.63) is 11.2 Å². The van der Waals surface area contributed by atoms with Gasteiger partial charge in [-0.1, -0.05) is 11.6 Å². The number of hydrogen-bond acceptors (Lipinski definition) is 6. The molecule has 1 aromatic rings. The summed E-state index contributed by atoms with van der Waals surface area (Å²) in [6, 6.07) is -0.375. The van der Waals surface area contributed by atoms with E-state index in [0.29, 0.717) is 17.4 Å². The van der Waals surface area contributed by atoms with Crippen molar-refractivity contribution in [2.75, 3.05) is 19.0 Å². The zero-order valence-electron chi connectivity index (χ0n) is 9.86. The number of hydrogen-bond donors (Lipinski definition) is 1. The van der Waals surface area contributed by atoms with Gasteiger partial charge in [0.15, 0.2) is 5.82 Å². The minimum atomic E-state index is -0.549. The summed E-state index contributed by atoms with van der Waals surface area (Å²) >= 11 is 5.88. The van der Waals surface area contributed by atoms with Gasteiger partial charge >= 0.3 is 12.0 Å². The fourth-order valence-corrected chi connectivity index (χ4v) is 1.23. The maximum Gasteiger partial charge on any atom is 0.328 e. The van der Waals surface area contributed by atoms with Crippen LogP contribution in [0, 0.1) is 0 Å². The Morgan fingerprint density at radius 1 is 1.65 bits per heavy atom. The van der Waals surface area contributed by atoms with Crippen molar-refractivity contribution in [1.82, 2.24) is 9.97 Å². The van der Waals surface area contributed by atoms with Crippen LogP contribution in [0.25, 0.3) is 0 Å². The van der Waals surface area contributed by atoms with E-state index in [1.807, 2.05) is 0 Å².